The lowest BCUT2D eigenvalue weighted by Crippen LogP contribution is -2.47. The summed E-state index contributed by atoms with van der Waals surface area (Å²) in [5, 5.41) is 2.52. The van der Waals surface area contributed by atoms with Gasteiger partial charge in [0.15, 0.2) is 0 Å². The van der Waals surface area contributed by atoms with E-state index < -0.39 is 27.9 Å². The summed E-state index contributed by atoms with van der Waals surface area (Å²) < 4.78 is 31.4. The molecule has 0 unspecified atom stereocenters. The Hall–Kier alpha value is -3.40. The number of ether oxygens (including phenoxy) is 1. The number of hydrogen-bond donors (Lipinski definition) is 1. The zero-order valence-electron chi connectivity index (χ0n) is 18.1. The minimum absolute atomic E-state index is 0.0654. The van der Waals surface area contributed by atoms with E-state index >= 15 is 0 Å². The molecule has 0 aliphatic carbocycles. The number of rotatable bonds is 8. The van der Waals surface area contributed by atoms with Crippen molar-refractivity contribution in [3.63, 3.8) is 0 Å². The maximum absolute atomic E-state index is 13.1. The number of nitrogens with zero attached hydrogens (tertiary/aromatic N) is 2. The maximum Gasteiger partial charge on any atom is 0.269 e. The van der Waals surface area contributed by atoms with Gasteiger partial charge in [-0.2, -0.15) is 0 Å². The monoisotopic (exact) mass is 459 g/mol. The molecule has 0 saturated carbocycles. The topological polar surface area (TPSA) is 113 Å². The number of amides is 3. The zero-order chi connectivity index (χ0) is 23.5. The van der Waals surface area contributed by atoms with Crippen LogP contribution < -0.4 is 10.1 Å². The molecule has 1 atom stereocenters. The molecule has 32 heavy (non-hydrogen) atoms. The summed E-state index contributed by atoms with van der Waals surface area (Å²) in [5.41, 5.74) is 0.831. The van der Waals surface area contributed by atoms with Crippen LogP contribution in [0.15, 0.2) is 53.4 Å². The molecule has 0 spiro atoms. The van der Waals surface area contributed by atoms with Gasteiger partial charge in [0.1, 0.15) is 16.7 Å². The number of likely N-dealkylation sites (N-methyl/N-ethyl adjacent to an activating group) is 1. The van der Waals surface area contributed by atoms with Crippen molar-refractivity contribution in [2.45, 2.75) is 30.8 Å². The van der Waals surface area contributed by atoms with Crippen molar-refractivity contribution < 1.29 is 27.5 Å². The van der Waals surface area contributed by atoms with Crippen LogP contribution in [0.1, 0.15) is 29.3 Å². The Morgan fingerprint density at radius 3 is 2.53 bits per heavy atom. The Balaban J connectivity index is 1.79. The SMILES string of the molecule is CNC(=O)[C@H](C)N(Cc1cccc(OC)c1)C(=O)CCN1C(=O)c2ccccc2S1(=O)=O. The first-order valence-corrected chi connectivity index (χ1v) is 11.4. The number of nitrogens with one attached hydrogen (secondary N) is 1. The van der Waals surface area contributed by atoms with Crippen molar-refractivity contribution >= 4 is 27.7 Å². The Morgan fingerprint density at radius 1 is 1.16 bits per heavy atom. The van der Waals surface area contributed by atoms with E-state index in [9.17, 15) is 22.8 Å². The largest absolute Gasteiger partial charge is 0.497 e. The molecule has 1 heterocycles. The van der Waals surface area contributed by atoms with Gasteiger partial charge in [0.05, 0.1) is 12.7 Å². The van der Waals surface area contributed by atoms with Gasteiger partial charge in [-0.15, -0.1) is 0 Å². The number of sulfonamides is 1. The van der Waals surface area contributed by atoms with E-state index in [-0.39, 0.29) is 35.9 Å². The van der Waals surface area contributed by atoms with Crippen molar-refractivity contribution in [1.29, 1.82) is 0 Å². The average Bonchev–Trinajstić information content (AvgIpc) is 3.00. The molecule has 10 heteroatoms. The average molecular weight is 460 g/mol. The molecular weight excluding hydrogens is 434 g/mol. The molecular formula is C22H25N3O6S. The fraction of sp³-hybridized carbons (Fsp3) is 0.318. The molecule has 0 fully saturated rings. The molecule has 9 nitrogen and oxygen atoms in total. The minimum Gasteiger partial charge on any atom is -0.497 e. The van der Waals surface area contributed by atoms with Crippen molar-refractivity contribution in [2.24, 2.45) is 0 Å². The van der Waals surface area contributed by atoms with Gasteiger partial charge in [-0.3, -0.25) is 14.4 Å². The van der Waals surface area contributed by atoms with Gasteiger partial charge in [-0.25, -0.2) is 12.7 Å². The van der Waals surface area contributed by atoms with Crippen molar-refractivity contribution in [1.82, 2.24) is 14.5 Å². The second-order valence-corrected chi connectivity index (χ2v) is 9.12. The Kier molecular flexibility index (Phi) is 6.83. The number of carbonyl (C=O) groups is 3. The van der Waals surface area contributed by atoms with Crippen molar-refractivity contribution in [3.8, 4) is 5.75 Å². The Morgan fingerprint density at radius 2 is 1.88 bits per heavy atom. The highest BCUT2D eigenvalue weighted by molar-refractivity contribution is 7.90. The van der Waals surface area contributed by atoms with Gasteiger partial charge in [0, 0.05) is 26.6 Å². The van der Waals surface area contributed by atoms with Gasteiger partial charge in [0.25, 0.3) is 15.9 Å². The molecule has 0 bridgehead atoms. The summed E-state index contributed by atoms with van der Waals surface area (Å²) in [4.78, 5) is 39.2. The van der Waals surface area contributed by atoms with Crippen LogP contribution >= 0.6 is 0 Å². The molecule has 170 valence electrons. The van der Waals surface area contributed by atoms with Crippen LogP contribution in [0.4, 0.5) is 0 Å². The molecule has 1 N–H and O–H groups in total. The summed E-state index contributed by atoms with van der Waals surface area (Å²) in [6.45, 7) is 1.39. The van der Waals surface area contributed by atoms with Crippen molar-refractivity contribution in [3.05, 3.63) is 59.7 Å². The van der Waals surface area contributed by atoms with Crippen LogP contribution in [0.25, 0.3) is 0 Å². The molecule has 3 amide bonds. The van der Waals surface area contributed by atoms with E-state index in [1.165, 1.54) is 31.2 Å². The smallest absolute Gasteiger partial charge is 0.269 e. The fourth-order valence-corrected chi connectivity index (χ4v) is 5.12. The number of carbonyl (C=O) groups excluding carboxylic acids is 3. The van der Waals surface area contributed by atoms with Crippen LogP contribution in [-0.2, 0) is 26.2 Å². The fourth-order valence-electron chi connectivity index (χ4n) is 3.55. The molecule has 2 aromatic carbocycles. The lowest BCUT2D eigenvalue weighted by Gasteiger charge is -2.29. The third-order valence-electron chi connectivity index (χ3n) is 5.34. The van der Waals surface area contributed by atoms with E-state index in [4.69, 9.17) is 4.74 Å². The van der Waals surface area contributed by atoms with Crippen LogP contribution in [0.3, 0.4) is 0 Å². The molecule has 0 aromatic heterocycles. The highest BCUT2D eigenvalue weighted by Crippen LogP contribution is 2.30. The number of benzene rings is 2. The minimum atomic E-state index is -4.01. The molecule has 0 radical (unpaired) electrons. The predicted molar refractivity (Wildman–Crippen MR) is 116 cm³/mol. The number of fused-ring (bicyclic) bond motifs is 1. The third-order valence-corrected chi connectivity index (χ3v) is 7.18. The van der Waals surface area contributed by atoms with Gasteiger partial charge < -0.3 is 15.0 Å². The Labute approximate surface area is 187 Å². The summed E-state index contributed by atoms with van der Waals surface area (Å²) in [6.07, 6.45) is -0.260. The van der Waals surface area contributed by atoms with Gasteiger partial charge in [-0.1, -0.05) is 24.3 Å². The number of methoxy groups -OCH3 is 1. The molecule has 3 rings (SSSR count). The lowest BCUT2D eigenvalue weighted by molar-refractivity contribution is -0.140. The number of hydrogen-bond acceptors (Lipinski definition) is 6. The molecule has 1 aliphatic rings. The summed E-state index contributed by atoms with van der Waals surface area (Å²) >= 11 is 0. The zero-order valence-corrected chi connectivity index (χ0v) is 18.9. The summed E-state index contributed by atoms with van der Waals surface area (Å²) in [7, 11) is -1.01. The first-order valence-electron chi connectivity index (χ1n) is 10.0. The predicted octanol–water partition coefficient (Wildman–Crippen LogP) is 1.39. The lowest BCUT2D eigenvalue weighted by atomic mass is 10.1. The van der Waals surface area contributed by atoms with Gasteiger partial charge in [0.2, 0.25) is 11.8 Å². The first-order chi connectivity index (χ1) is 15.2. The second kappa shape index (κ2) is 9.39. The second-order valence-electron chi connectivity index (χ2n) is 7.29. The maximum atomic E-state index is 13.1. The van der Waals surface area contributed by atoms with Crippen molar-refractivity contribution in [2.75, 3.05) is 20.7 Å². The molecule has 1 aliphatic heterocycles. The highest BCUT2D eigenvalue weighted by atomic mass is 32.2. The quantitative estimate of drug-likeness (QED) is 0.638. The van der Waals surface area contributed by atoms with E-state index in [1.807, 2.05) is 0 Å². The van der Waals surface area contributed by atoms with Crippen LogP contribution in [-0.4, -0.2) is 62.1 Å². The van der Waals surface area contributed by atoms with E-state index in [0.29, 0.717) is 10.1 Å². The van der Waals surface area contributed by atoms with Gasteiger partial charge in [-0.05, 0) is 36.8 Å². The first kappa shape index (κ1) is 23.3. The standard InChI is InChI=1S/C22H25N3O6S/c1-15(21(27)23-2)24(14-16-7-6-8-17(13-16)31-3)20(26)11-12-25-22(28)18-9-4-5-10-19(18)32(25,29)30/h4-10,13,15H,11-12,14H2,1-3H3,(H,23,27)/t15-/m0/s1. The van der Waals surface area contributed by atoms with E-state index in [1.54, 1.807) is 43.3 Å². The summed E-state index contributed by atoms with van der Waals surface area (Å²) in [6, 6.07) is 12.2. The van der Waals surface area contributed by atoms with E-state index in [0.717, 1.165) is 5.56 Å². The molecule has 2 aromatic rings. The van der Waals surface area contributed by atoms with Crippen LogP contribution in [0.5, 0.6) is 5.75 Å². The van der Waals surface area contributed by atoms with Gasteiger partial charge >= 0.3 is 0 Å². The van der Waals surface area contributed by atoms with Crippen LogP contribution in [0.2, 0.25) is 0 Å². The van der Waals surface area contributed by atoms with E-state index in [2.05, 4.69) is 5.32 Å². The normalized spacial score (nSPS) is 15.1. The van der Waals surface area contributed by atoms with Crippen LogP contribution in [0, 0.1) is 0 Å². The Bertz CT molecular complexity index is 1150. The highest BCUT2D eigenvalue weighted by Gasteiger charge is 2.41. The third kappa shape index (κ3) is 4.45. The summed E-state index contributed by atoms with van der Waals surface area (Å²) in [5.74, 6) is -0.873. The molecule has 0 saturated heterocycles.